The van der Waals surface area contributed by atoms with E-state index < -0.39 is 0 Å². The maximum Gasteiger partial charge on any atom is 0.111 e. The molecule has 0 bridgehead atoms. The normalized spacial score (nSPS) is 12.9. The van der Waals surface area contributed by atoms with Crippen LogP contribution in [-0.2, 0) is 20.0 Å². The van der Waals surface area contributed by atoms with Gasteiger partial charge in [-0.3, -0.25) is 11.3 Å². The molecule has 21 heavy (non-hydrogen) atoms. The minimum absolute atomic E-state index is 0.0142. The molecule has 0 aliphatic heterocycles. The second-order valence-electron chi connectivity index (χ2n) is 5.11. The summed E-state index contributed by atoms with van der Waals surface area (Å²) in [5.41, 5.74) is 6.11. The Morgan fingerprint density at radius 2 is 2.14 bits per heavy atom. The van der Waals surface area contributed by atoms with Gasteiger partial charge < -0.3 is 9.13 Å². The molecule has 0 radical (unpaired) electrons. The highest BCUT2D eigenvalue weighted by Crippen LogP contribution is 2.21. The second-order valence-corrected chi connectivity index (χ2v) is 5.11. The predicted molar refractivity (Wildman–Crippen MR) is 82.4 cm³/mol. The van der Waals surface area contributed by atoms with Crippen molar-refractivity contribution in [2.45, 2.75) is 25.9 Å². The van der Waals surface area contributed by atoms with Crippen molar-refractivity contribution in [2.75, 3.05) is 0 Å². The van der Waals surface area contributed by atoms with Crippen molar-refractivity contribution in [1.82, 2.24) is 24.5 Å². The SMILES string of the molecule is CCn1c(CC(NN)c2cncn2C)nc2ccccc21. The Labute approximate surface area is 123 Å². The Kier molecular flexibility index (Phi) is 3.72. The van der Waals surface area contributed by atoms with Crippen LogP contribution in [0.4, 0.5) is 0 Å². The highest BCUT2D eigenvalue weighted by Gasteiger charge is 2.18. The summed E-state index contributed by atoms with van der Waals surface area (Å²) in [7, 11) is 1.97. The molecule has 0 saturated carbocycles. The van der Waals surface area contributed by atoms with Gasteiger partial charge in [0.15, 0.2) is 0 Å². The molecule has 1 atom stereocenters. The van der Waals surface area contributed by atoms with Crippen LogP contribution in [0.15, 0.2) is 36.8 Å². The van der Waals surface area contributed by atoms with E-state index in [2.05, 4.69) is 28.0 Å². The summed E-state index contributed by atoms with van der Waals surface area (Å²) in [5.74, 6) is 6.77. The van der Waals surface area contributed by atoms with Gasteiger partial charge in [0, 0.05) is 26.2 Å². The number of rotatable bonds is 5. The van der Waals surface area contributed by atoms with Crippen LogP contribution in [-0.4, -0.2) is 19.1 Å². The highest BCUT2D eigenvalue weighted by molar-refractivity contribution is 5.75. The maximum absolute atomic E-state index is 5.74. The molecule has 1 unspecified atom stereocenters. The number of hydrazine groups is 1. The largest absolute Gasteiger partial charge is 0.336 e. The minimum Gasteiger partial charge on any atom is -0.336 e. The van der Waals surface area contributed by atoms with E-state index in [1.54, 1.807) is 6.33 Å². The summed E-state index contributed by atoms with van der Waals surface area (Å²) < 4.78 is 4.21. The minimum atomic E-state index is -0.0142. The van der Waals surface area contributed by atoms with Crippen molar-refractivity contribution >= 4 is 11.0 Å². The zero-order valence-electron chi connectivity index (χ0n) is 12.3. The molecule has 0 aliphatic carbocycles. The smallest absolute Gasteiger partial charge is 0.111 e. The topological polar surface area (TPSA) is 73.7 Å². The van der Waals surface area contributed by atoms with E-state index in [9.17, 15) is 0 Å². The Morgan fingerprint density at radius 1 is 1.33 bits per heavy atom. The van der Waals surface area contributed by atoms with E-state index in [4.69, 9.17) is 10.8 Å². The van der Waals surface area contributed by atoms with Crippen LogP contribution >= 0.6 is 0 Å². The molecule has 6 heteroatoms. The standard InChI is InChI=1S/C15H20N6/c1-3-21-13-7-5-4-6-11(13)18-15(21)8-12(19-16)14-9-17-10-20(14)2/h4-7,9-10,12,19H,3,8,16H2,1-2H3. The van der Waals surface area contributed by atoms with Crippen LogP contribution in [0, 0.1) is 0 Å². The molecule has 3 aromatic rings. The molecule has 3 N–H and O–H groups in total. The lowest BCUT2D eigenvalue weighted by molar-refractivity contribution is 0.500. The van der Waals surface area contributed by atoms with Gasteiger partial charge in [-0.2, -0.15) is 0 Å². The molecule has 110 valence electrons. The van der Waals surface area contributed by atoms with Crippen LogP contribution in [0.1, 0.15) is 24.5 Å². The number of nitrogens with one attached hydrogen (secondary N) is 1. The van der Waals surface area contributed by atoms with Crippen molar-refractivity contribution < 1.29 is 0 Å². The second kappa shape index (κ2) is 5.67. The fraction of sp³-hybridized carbons (Fsp3) is 0.333. The van der Waals surface area contributed by atoms with Gasteiger partial charge in [-0.25, -0.2) is 9.97 Å². The number of nitrogens with two attached hydrogens (primary N) is 1. The van der Waals surface area contributed by atoms with Gasteiger partial charge >= 0.3 is 0 Å². The third-order valence-electron chi connectivity index (χ3n) is 3.85. The average Bonchev–Trinajstić information content (AvgIpc) is 3.07. The molecule has 6 nitrogen and oxygen atoms in total. The summed E-state index contributed by atoms with van der Waals surface area (Å²) in [6.45, 7) is 3.02. The Hall–Kier alpha value is -2.18. The lowest BCUT2D eigenvalue weighted by atomic mass is 10.1. The van der Waals surface area contributed by atoms with Crippen molar-refractivity contribution in [2.24, 2.45) is 12.9 Å². The zero-order valence-corrected chi connectivity index (χ0v) is 12.3. The summed E-state index contributed by atoms with van der Waals surface area (Å²) in [5, 5.41) is 0. The summed E-state index contributed by atoms with van der Waals surface area (Å²) in [6, 6.07) is 8.18. The van der Waals surface area contributed by atoms with Gasteiger partial charge in [-0.15, -0.1) is 0 Å². The van der Waals surface area contributed by atoms with Crippen molar-refractivity contribution in [3.8, 4) is 0 Å². The van der Waals surface area contributed by atoms with Gasteiger partial charge in [-0.05, 0) is 19.1 Å². The Morgan fingerprint density at radius 3 is 2.81 bits per heavy atom. The van der Waals surface area contributed by atoms with Gasteiger partial charge in [0.1, 0.15) is 5.82 Å². The van der Waals surface area contributed by atoms with Gasteiger partial charge in [0.25, 0.3) is 0 Å². The molecule has 2 aromatic heterocycles. The Bertz CT molecular complexity index is 742. The van der Waals surface area contributed by atoms with Crippen LogP contribution in [0.5, 0.6) is 0 Å². The number of imidazole rings is 2. The first-order valence-corrected chi connectivity index (χ1v) is 7.11. The maximum atomic E-state index is 5.74. The van der Waals surface area contributed by atoms with Crippen LogP contribution in [0.2, 0.25) is 0 Å². The predicted octanol–water partition coefficient (Wildman–Crippen LogP) is 1.54. The van der Waals surface area contributed by atoms with E-state index in [1.165, 1.54) is 0 Å². The van der Waals surface area contributed by atoms with E-state index in [0.717, 1.165) is 35.5 Å². The number of fused-ring (bicyclic) bond motifs is 1. The third-order valence-corrected chi connectivity index (χ3v) is 3.85. The molecule has 0 spiro atoms. The number of aryl methyl sites for hydroxylation is 2. The summed E-state index contributed by atoms with van der Waals surface area (Å²) >= 11 is 0. The number of hydrogen-bond acceptors (Lipinski definition) is 4. The Balaban J connectivity index is 1.98. The van der Waals surface area contributed by atoms with Gasteiger partial charge in [0.2, 0.25) is 0 Å². The molecular formula is C15H20N6. The number of para-hydroxylation sites is 2. The number of nitrogens with zero attached hydrogens (tertiary/aromatic N) is 4. The third kappa shape index (κ3) is 2.43. The van der Waals surface area contributed by atoms with E-state index >= 15 is 0 Å². The van der Waals surface area contributed by atoms with Crippen LogP contribution in [0.25, 0.3) is 11.0 Å². The molecule has 3 rings (SSSR count). The number of aromatic nitrogens is 4. The fourth-order valence-corrected chi connectivity index (χ4v) is 2.77. The summed E-state index contributed by atoms with van der Waals surface area (Å²) in [6.07, 6.45) is 4.34. The zero-order chi connectivity index (χ0) is 14.8. The molecule has 0 fully saturated rings. The lowest BCUT2D eigenvalue weighted by Crippen LogP contribution is -2.31. The molecule has 0 aliphatic rings. The highest BCUT2D eigenvalue weighted by atomic mass is 15.3. The molecule has 1 aromatic carbocycles. The molecule has 2 heterocycles. The van der Waals surface area contributed by atoms with Crippen LogP contribution < -0.4 is 11.3 Å². The molecule has 0 saturated heterocycles. The molecular weight excluding hydrogens is 264 g/mol. The van der Waals surface area contributed by atoms with E-state index in [1.807, 2.05) is 36.0 Å². The first kappa shape index (κ1) is 13.8. The van der Waals surface area contributed by atoms with Gasteiger partial charge in [-0.1, -0.05) is 12.1 Å². The average molecular weight is 284 g/mol. The fourth-order valence-electron chi connectivity index (χ4n) is 2.77. The monoisotopic (exact) mass is 284 g/mol. The van der Waals surface area contributed by atoms with Crippen molar-refractivity contribution in [1.29, 1.82) is 0 Å². The van der Waals surface area contributed by atoms with Crippen molar-refractivity contribution in [3.63, 3.8) is 0 Å². The van der Waals surface area contributed by atoms with Gasteiger partial charge in [0.05, 0.1) is 29.1 Å². The quantitative estimate of drug-likeness (QED) is 0.550. The van der Waals surface area contributed by atoms with Crippen molar-refractivity contribution in [3.05, 3.63) is 48.3 Å². The molecule has 0 amide bonds. The lowest BCUT2D eigenvalue weighted by Gasteiger charge is -2.16. The van der Waals surface area contributed by atoms with Crippen LogP contribution in [0.3, 0.4) is 0 Å². The first-order chi connectivity index (χ1) is 10.2. The number of hydrogen-bond donors (Lipinski definition) is 2. The number of benzene rings is 1. The summed E-state index contributed by atoms with van der Waals surface area (Å²) in [4.78, 5) is 8.91. The van der Waals surface area contributed by atoms with E-state index in [0.29, 0.717) is 0 Å². The van der Waals surface area contributed by atoms with E-state index in [-0.39, 0.29) is 6.04 Å². The first-order valence-electron chi connectivity index (χ1n) is 7.11.